The third kappa shape index (κ3) is 3.42. The summed E-state index contributed by atoms with van der Waals surface area (Å²) in [7, 11) is 0. The van der Waals surface area contributed by atoms with E-state index in [1.165, 1.54) is 6.07 Å². The maximum atomic E-state index is 13.7. The van der Waals surface area contributed by atoms with Crippen molar-refractivity contribution < 1.29 is 9.18 Å². The average Bonchev–Trinajstić information content (AvgIpc) is 3.33. The second-order valence-corrected chi connectivity index (χ2v) is 5.57. The van der Waals surface area contributed by atoms with Crippen LogP contribution in [-0.4, -0.2) is 11.0 Å². The van der Waals surface area contributed by atoms with Gasteiger partial charge in [0.1, 0.15) is 5.82 Å². The van der Waals surface area contributed by atoms with Crippen molar-refractivity contribution >= 4 is 11.7 Å². The van der Waals surface area contributed by atoms with E-state index in [0.717, 1.165) is 24.1 Å². The first-order valence-electron chi connectivity index (χ1n) is 7.38. The van der Waals surface area contributed by atoms with Gasteiger partial charge in [-0.3, -0.25) is 4.98 Å². The van der Waals surface area contributed by atoms with Crippen molar-refractivity contribution in [2.45, 2.75) is 32.2 Å². The lowest BCUT2D eigenvalue weighted by molar-refractivity contribution is 0.251. The summed E-state index contributed by atoms with van der Waals surface area (Å²) in [5.74, 6) is 0.113. The van der Waals surface area contributed by atoms with Crippen LogP contribution in [0.15, 0.2) is 36.5 Å². The fourth-order valence-corrected chi connectivity index (χ4v) is 2.38. The highest BCUT2D eigenvalue weighted by Gasteiger charge is 2.26. The Balaban J connectivity index is 1.60. The van der Waals surface area contributed by atoms with Crippen molar-refractivity contribution in [2.24, 2.45) is 0 Å². The molecular formula is C17H18FN3O. The largest absolute Gasteiger partial charge is 0.334 e. The van der Waals surface area contributed by atoms with E-state index in [1.807, 2.05) is 19.1 Å². The molecule has 2 aromatic rings. The smallest absolute Gasteiger partial charge is 0.319 e. The van der Waals surface area contributed by atoms with Crippen LogP contribution in [0.1, 0.15) is 35.6 Å². The summed E-state index contributed by atoms with van der Waals surface area (Å²) in [5.41, 5.74) is 3.17. The molecule has 22 heavy (non-hydrogen) atoms. The third-order valence-electron chi connectivity index (χ3n) is 3.83. The van der Waals surface area contributed by atoms with Crippen molar-refractivity contribution in [3.8, 4) is 0 Å². The number of carbonyl (C=O) groups excluding carboxylic acids is 1. The molecule has 2 N–H and O–H groups in total. The van der Waals surface area contributed by atoms with Crippen molar-refractivity contribution in [3.05, 3.63) is 59.2 Å². The molecule has 0 unspecified atom stereocenters. The Morgan fingerprint density at radius 2 is 2.18 bits per heavy atom. The number of nitrogens with zero attached hydrogens (tertiary/aromatic N) is 1. The number of hydrogen-bond acceptors (Lipinski definition) is 2. The zero-order valence-electron chi connectivity index (χ0n) is 12.4. The van der Waals surface area contributed by atoms with Gasteiger partial charge in [0, 0.05) is 24.1 Å². The molecule has 1 aromatic carbocycles. The molecule has 1 heterocycles. The topological polar surface area (TPSA) is 54.0 Å². The minimum atomic E-state index is -0.309. The Hall–Kier alpha value is -2.43. The average molecular weight is 299 g/mol. The predicted octanol–water partition coefficient (Wildman–Crippen LogP) is 3.73. The molecule has 0 aliphatic heterocycles. The number of amides is 2. The molecule has 1 aromatic heterocycles. The number of pyridine rings is 1. The number of nitrogens with one attached hydrogen (secondary N) is 2. The molecule has 1 fully saturated rings. The van der Waals surface area contributed by atoms with Crippen LogP contribution in [0, 0.1) is 12.7 Å². The molecule has 3 rings (SSSR count). The van der Waals surface area contributed by atoms with E-state index in [-0.39, 0.29) is 11.8 Å². The fraction of sp³-hybridized carbons (Fsp3) is 0.294. The Morgan fingerprint density at radius 1 is 1.36 bits per heavy atom. The van der Waals surface area contributed by atoms with Gasteiger partial charge in [0.05, 0.1) is 0 Å². The number of benzene rings is 1. The van der Waals surface area contributed by atoms with Gasteiger partial charge >= 0.3 is 6.03 Å². The fourth-order valence-electron chi connectivity index (χ4n) is 2.38. The number of hydrogen-bond donors (Lipinski definition) is 2. The maximum Gasteiger partial charge on any atom is 0.319 e. The number of urea groups is 1. The molecule has 0 atom stereocenters. The zero-order valence-corrected chi connectivity index (χ0v) is 12.4. The standard InChI is InChI=1S/C17H18FN3O/c1-11-13(3-2-8-19-11)10-20-17(22)21-14-6-7-16(18)15(9-14)12-4-5-12/h2-3,6-9,12H,4-5,10H2,1H3,(H2,20,21,22). The van der Waals surface area contributed by atoms with E-state index in [0.29, 0.717) is 23.7 Å². The van der Waals surface area contributed by atoms with Gasteiger partial charge in [0.2, 0.25) is 0 Å². The van der Waals surface area contributed by atoms with Crippen molar-refractivity contribution in [2.75, 3.05) is 5.32 Å². The molecule has 2 amide bonds. The number of aryl methyl sites for hydroxylation is 1. The van der Waals surface area contributed by atoms with Gasteiger partial charge in [-0.2, -0.15) is 0 Å². The number of aromatic nitrogens is 1. The predicted molar refractivity (Wildman–Crippen MR) is 83.2 cm³/mol. The van der Waals surface area contributed by atoms with E-state index in [9.17, 15) is 9.18 Å². The summed E-state index contributed by atoms with van der Waals surface area (Å²) in [5, 5.41) is 5.53. The SMILES string of the molecule is Cc1ncccc1CNC(=O)Nc1ccc(F)c(C2CC2)c1. The van der Waals surface area contributed by atoms with Crippen LogP contribution in [0.25, 0.3) is 0 Å². The van der Waals surface area contributed by atoms with Gasteiger partial charge in [-0.25, -0.2) is 9.18 Å². The number of halogens is 1. The molecule has 0 spiro atoms. The van der Waals surface area contributed by atoms with Crippen LogP contribution in [0.3, 0.4) is 0 Å². The lowest BCUT2D eigenvalue weighted by Crippen LogP contribution is -2.28. The highest BCUT2D eigenvalue weighted by atomic mass is 19.1. The Morgan fingerprint density at radius 3 is 2.91 bits per heavy atom. The molecule has 1 saturated carbocycles. The Bertz CT molecular complexity index is 698. The van der Waals surface area contributed by atoms with E-state index in [1.54, 1.807) is 18.3 Å². The summed E-state index contributed by atoms with van der Waals surface area (Å²) >= 11 is 0. The molecule has 1 aliphatic carbocycles. The summed E-state index contributed by atoms with van der Waals surface area (Å²) in [6.07, 6.45) is 3.76. The summed E-state index contributed by atoms with van der Waals surface area (Å²) in [6.45, 7) is 2.30. The van der Waals surface area contributed by atoms with Gasteiger partial charge in [0.15, 0.2) is 0 Å². The quantitative estimate of drug-likeness (QED) is 0.904. The Kier molecular flexibility index (Phi) is 4.04. The van der Waals surface area contributed by atoms with Crippen molar-refractivity contribution in [1.29, 1.82) is 0 Å². The van der Waals surface area contributed by atoms with E-state index >= 15 is 0 Å². The molecule has 0 saturated heterocycles. The summed E-state index contributed by atoms with van der Waals surface area (Å²) in [6, 6.07) is 8.17. The van der Waals surface area contributed by atoms with E-state index in [4.69, 9.17) is 0 Å². The monoisotopic (exact) mass is 299 g/mol. The molecule has 1 aliphatic rings. The first-order chi connectivity index (χ1) is 10.6. The molecule has 0 bridgehead atoms. The van der Waals surface area contributed by atoms with Crippen molar-refractivity contribution in [3.63, 3.8) is 0 Å². The molecule has 114 valence electrons. The summed E-state index contributed by atoms with van der Waals surface area (Å²) < 4.78 is 13.7. The number of carbonyl (C=O) groups is 1. The first-order valence-corrected chi connectivity index (χ1v) is 7.38. The van der Waals surface area contributed by atoms with Crippen LogP contribution >= 0.6 is 0 Å². The second kappa shape index (κ2) is 6.13. The van der Waals surface area contributed by atoms with E-state index in [2.05, 4.69) is 15.6 Å². The lowest BCUT2D eigenvalue weighted by Gasteiger charge is -2.10. The van der Waals surface area contributed by atoms with Gasteiger partial charge in [-0.1, -0.05) is 6.07 Å². The van der Waals surface area contributed by atoms with Gasteiger partial charge in [0.25, 0.3) is 0 Å². The lowest BCUT2D eigenvalue weighted by atomic mass is 10.1. The molecule has 0 radical (unpaired) electrons. The third-order valence-corrected chi connectivity index (χ3v) is 3.83. The summed E-state index contributed by atoms with van der Waals surface area (Å²) in [4.78, 5) is 16.1. The highest BCUT2D eigenvalue weighted by Crippen LogP contribution is 2.42. The van der Waals surface area contributed by atoms with Crippen LogP contribution in [-0.2, 0) is 6.54 Å². The van der Waals surface area contributed by atoms with Gasteiger partial charge in [-0.15, -0.1) is 0 Å². The number of rotatable bonds is 4. The highest BCUT2D eigenvalue weighted by molar-refractivity contribution is 5.89. The number of anilines is 1. The Labute approximate surface area is 128 Å². The zero-order chi connectivity index (χ0) is 15.5. The van der Waals surface area contributed by atoms with Gasteiger partial charge < -0.3 is 10.6 Å². The van der Waals surface area contributed by atoms with Crippen LogP contribution < -0.4 is 10.6 Å². The molecule has 4 nitrogen and oxygen atoms in total. The van der Waals surface area contributed by atoms with E-state index < -0.39 is 0 Å². The van der Waals surface area contributed by atoms with Crippen molar-refractivity contribution in [1.82, 2.24) is 10.3 Å². The normalized spacial score (nSPS) is 13.7. The molecular weight excluding hydrogens is 281 g/mol. The van der Waals surface area contributed by atoms with Crippen LogP contribution in [0.5, 0.6) is 0 Å². The second-order valence-electron chi connectivity index (χ2n) is 5.57. The minimum Gasteiger partial charge on any atom is -0.334 e. The van der Waals surface area contributed by atoms with Crippen LogP contribution in [0.4, 0.5) is 14.9 Å². The maximum absolute atomic E-state index is 13.7. The minimum absolute atomic E-state index is 0.195. The first kappa shape index (κ1) is 14.5. The van der Waals surface area contributed by atoms with Gasteiger partial charge in [-0.05, 0) is 61.1 Å². The van der Waals surface area contributed by atoms with Crippen LogP contribution in [0.2, 0.25) is 0 Å². The molecule has 5 heteroatoms.